The first-order chi connectivity index (χ1) is 9.63. The van der Waals surface area contributed by atoms with Gasteiger partial charge in [-0.25, -0.2) is 13.8 Å². The predicted octanol–water partition coefficient (Wildman–Crippen LogP) is 3.48. The standard InChI is InChI=1S/C14H11ClF2N2O/c15-10-5-14(19-12-3-1-2-9(10)12)20-7-13-11(17)4-8(16)6-18-13/h4-6H,1-3,7H2. The summed E-state index contributed by atoms with van der Waals surface area (Å²) >= 11 is 6.15. The van der Waals surface area contributed by atoms with E-state index in [2.05, 4.69) is 9.97 Å². The largest absolute Gasteiger partial charge is 0.471 e. The molecule has 0 spiro atoms. The fourth-order valence-electron chi connectivity index (χ4n) is 2.23. The maximum Gasteiger partial charge on any atom is 0.215 e. The van der Waals surface area contributed by atoms with Crippen LogP contribution in [-0.2, 0) is 19.4 Å². The number of halogens is 3. The average molecular weight is 297 g/mol. The number of nitrogens with zero attached hydrogens (tertiary/aromatic N) is 2. The zero-order valence-corrected chi connectivity index (χ0v) is 11.3. The highest BCUT2D eigenvalue weighted by atomic mass is 35.5. The molecular formula is C14H11ClF2N2O. The van der Waals surface area contributed by atoms with Crippen LogP contribution in [0.1, 0.15) is 23.4 Å². The average Bonchev–Trinajstić information content (AvgIpc) is 2.86. The molecule has 3 rings (SSSR count). The molecule has 0 amide bonds. The third-order valence-corrected chi connectivity index (χ3v) is 3.55. The van der Waals surface area contributed by atoms with Gasteiger partial charge in [0, 0.05) is 17.8 Å². The minimum absolute atomic E-state index is 0.0322. The topological polar surface area (TPSA) is 35.0 Å². The lowest BCUT2D eigenvalue weighted by Crippen LogP contribution is -2.04. The van der Waals surface area contributed by atoms with Gasteiger partial charge in [0.05, 0.1) is 11.2 Å². The second-order valence-corrected chi connectivity index (χ2v) is 5.00. The zero-order chi connectivity index (χ0) is 14.1. The molecule has 0 aromatic carbocycles. The summed E-state index contributed by atoms with van der Waals surface area (Å²) in [5, 5.41) is 0.620. The second kappa shape index (κ2) is 5.32. The summed E-state index contributed by atoms with van der Waals surface area (Å²) in [6.07, 6.45) is 3.77. The van der Waals surface area contributed by atoms with Crippen molar-refractivity contribution in [3.8, 4) is 5.88 Å². The van der Waals surface area contributed by atoms with Crippen molar-refractivity contribution >= 4 is 11.6 Å². The molecule has 0 fully saturated rings. The SMILES string of the molecule is Fc1cnc(COc2cc(Cl)c3c(n2)CCC3)c(F)c1. The number of aryl methyl sites for hydroxylation is 1. The molecule has 1 aliphatic rings. The Bertz CT molecular complexity index is 664. The van der Waals surface area contributed by atoms with E-state index in [1.165, 1.54) is 0 Å². The van der Waals surface area contributed by atoms with Crippen LogP contribution in [0.15, 0.2) is 18.3 Å². The molecule has 0 atom stereocenters. The highest BCUT2D eigenvalue weighted by Gasteiger charge is 2.17. The summed E-state index contributed by atoms with van der Waals surface area (Å²) in [5.74, 6) is -1.12. The number of hydrogen-bond donors (Lipinski definition) is 0. The predicted molar refractivity (Wildman–Crippen MR) is 69.8 cm³/mol. The minimum atomic E-state index is -0.739. The van der Waals surface area contributed by atoms with Crippen LogP contribution < -0.4 is 4.74 Å². The number of aromatic nitrogens is 2. The normalized spacial score (nSPS) is 13.3. The van der Waals surface area contributed by atoms with Crippen molar-refractivity contribution in [1.29, 1.82) is 0 Å². The van der Waals surface area contributed by atoms with Crippen LogP contribution in [0.3, 0.4) is 0 Å². The minimum Gasteiger partial charge on any atom is -0.471 e. The van der Waals surface area contributed by atoms with Crippen LogP contribution in [0.5, 0.6) is 5.88 Å². The first kappa shape index (κ1) is 13.2. The van der Waals surface area contributed by atoms with Crippen molar-refractivity contribution in [2.45, 2.75) is 25.9 Å². The molecule has 3 nitrogen and oxygen atoms in total. The number of ether oxygens (including phenoxy) is 1. The maximum absolute atomic E-state index is 13.4. The molecule has 0 bridgehead atoms. The molecular weight excluding hydrogens is 286 g/mol. The molecule has 0 aliphatic heterocycles. The summed E-state index contributed by atoms with van der Waals surface area (Å²) in [4.78, 5) is 8.00. The molecule has 1 aliphatic carbocycles. The van der Waals surface area contributed by atoms with E-state index in [0.717, 1.165) is 42.8 Å². The van der Waals surface area contributed by atoms with Crippen LogP contribution in [0.2, 0.25) is 5.02 Å². The van der Waals surface area contributed by atoms with Gasteiger partial charge in [-0.15, -0.1) is 0 Å². The maximum atomic E-state index is 13.4. The van der Waals surface area contributed by atoms with Gasteiger partial charge in [0.15, 0.2) is 5.82 Å². The van der Waals surface area contributed by atoms with Crippen molar-refractivity contribution in [2.24, 2.45) is 0 Å². The van der Waals surface area contributed by atoms with Crippen LogP contribution in [-0.4, -0.2) is 9.97 Å². The van der Waals surface area contributed by atoms with E-state index in [4.69, 9.17) is 16.3 Å². The summed E-state index contributed by atoms with van der Waals surface area (Å²) in [6, 6.07) is 2.39. The lowest BCUT2D eigenvalue weighted by Gasteiger charge is -2.08. The summed E-state index contributed by atoms with van der Waals surface area (Å²) in [7, 11) is 0. The number of pyridine rings is 2. The van der Waals surface area contributed by atoms with Crippen molar-refractivity contribution in [3.63, 3.8) is 0 Å². The Hall–Kier alpha value is -1.75. The van der Waals surface area contributed by atoms with Crippen molar-refractivity contribution in [2.75, 3.05) is 0 Å². The van der Waals surface area contributed by atoms with Crippen molar-refractivity contribution < 1.29 is 13.5 Å². The molecule has 104 valence electrons. The van der Waals surface area contributed by atoms with Gasteiger partial charge < -0.3 is 4.74 Å². The van der Waals surface area contributed by atoms with E-state index < -0.39 is 11.6 Å². The molecule has 0 saturated carbocycles. The molecule has 2 aromatic heterocycles. The Morgan fingerprint density at radius 2 is 2.10 bits per heavy atom. The van der Waals surface area contributed by atoms with E-state index in [0.29, 0.717) is 10.9 Å². The van der Waals surface area contributed by atoms with Crippen LogP contribution in [0, 0.1) is 11.6 Å². The van der Waals surface area contributed by atoms with Crippen molar-refractivity contribution in [1.82, 2.24) is 9.97 Å². The van der Waals surface area contributed by atoms with Crippen LogP contribution >= 0.6 is 11.6 Å². The molecule has 6 heteroatoms. The molecule has 2 aromatic rings. The number of fused-ring (bicyclic) bond motifs is 1. The Balaban J connectivity index is 1.77. The molecule has 0 saturated heterocycles. The van der Waals surface area contributed by atoms with E-state index >= 15 is 0 Å². The summed E-state index contributed by atoms with van der Waals surface area (Å²) in [6.45, 7) is -0.117. The first-order valence-corrected chi connectivity index (χ1v) is 6.62. The lowest BCUT2D eigenvalue weighted by atomic mass is 10.2. The summed E-state index contributed by atoms with van der Waals surface area (Å²) < 4.78 is 31.6. The Labute approximate surface area is 119 Å². The zero-order valence-electron chi connectivity index (χ0n) is 10.5. The second-order valence-electron chi connectivity index (χ2n) is 4.59. The van der Waals surface area contributed by atoms with Gasteiger partial charge in [0.2, 0.25) is 5.88 Å². The van der Waals surface area contributed by atoms with Gasteiger partial charge in [-0.3, -0.25) is 4.98 Å². The monoisotopic (exact) mass is 296 g/mol. The fraction of sp³-hybridized carbons (Fsp3) is 0.286. The van der Waals surface area contributed by atoms with Crippen LogP contribution in [0.25, 0.3) is 0 Å². The van der Waals surface area contributed by atoms with Gasteiger partial charge in [0.25, 0.3) is 0 Å². The Kier molecular flexibility index (Phi) is 3.53. The van der Waals surface area contributed by atoms with Gasteiger partial charge in [-0.2, -0.15) is 0 Å². The highest BCUT2D eigenvalue weighted by molar-refractivity contribution is 6.31. The van der Waals surface area contributed by atoms with E-state index in [1.807, 2.05) is 0 Å². The quantitative estimate of drug-likeness (QED) is 0.870. The number of rotatable bonds is 3. The third kappa shape index (κ3) is 2.58. The number of hydrogen-bond acceptors (Lipinski definition) is 3. The van der Waals surface area contributed by atoms with Crippen LogP contribution in [0.4, 0.5) is 8.78 Å². The third-order valence-electron chi connectivity index (χ3n) is 3.21. The van der Waals surface area contributed by atoms with Crippen molar-refractivity contribution in [3.05, 3.63) is 51.9 Å². The molecule has 0 unspecified atom stereocenters. The van der Waals surface area contributed by atoms with Gasteiger partial charge in [-0.05, 0) is 24.8 Å². The fourth-order valence-corrected chi connectivity index (χ4v) is 2.53. The molecule has 0 radical (unpaired) electrons. The van der Waals surface area contributed by atoms with E-state index in [-0.39, 0.29) is 12.3 Å². The van der Waals surface area contributed by atoms with Gasteiger partial charge in [-0.1, -0.05) is 11.6 Å². The van der Waals surface area contributed by atoms with E-state index in [1.54, 1.807) is 6.07 Å². The smallest absolute Gasteiger partial charge is 0.215 e. The first-order valence-electron chi connectivity index (χ1n) is 6.24. The van der Waals surface area contributed by atoms with Gasteiger partial charge >= 0.3 is 0 Å². The lowest BCUT2D eigenvalue weighted by molar-refractivity contribution is 0.281. The Morgan fingerprint density at radius 1 is 1.25 bits per heavy atom. The van der Waals surface area contributed by atoms with E-state index in [9.17, 15) is 8.78 Å². The molecule has 2 heterocycles. The molecule has 20 heavy (non-hydrogen) atoms. The summed E-state index contributed by atoms with van der Waals surface area (Å²) in [5.41, 5.74) is 2.02. The molecule has 0 N–H and O–H groups in total. The highest BCUT2D eigenvalue weighted by Crippen LogP contribution is 2.30. The van der Waals surface area contributed by atoms with Gasteiger partial charge in [0.1, 0.15) is 18.1 Å². The Morgan fingerprint density at radius 3 is 2.90 bits per heavy atom.